The highest BCUT2D eigenvalue weighted by atomic mass is 19.1. The minimum absolute atomic E-state index is 0.0142. The molecule has 2 aliphatic heterocycles. The van der Waals surface area contributed by atoms with Crippen molar-refractivity contribution in [2.45, 2.75) is 45.8 Å². The first-order valence-corrected chi connectivity index (χ1v) is 10.2. The Balaban J connectivity index is 1.57. The summed E-state index contributed by atoms with van der Waals surface area (Å²) in [5, 5.41) is 4.16. The number of ether oxygens (including phenoxy) is 1. The van der Waals surface area contributed by atoms with Crippen LogP contribution in [0.5, 0.6) is 0 Å². The van der Waals surface area contributed by atoms with Crippen molar-refractivity contribution in [2.24, 2.45) is 5.92 Å². The van der Waals surface area contributed by atoms with E-state index < -0.39 is 11.4 Å². The molecule has 0 saturated carbocycles. The van der Waals surface area contributed by atoms with E-state index in [0.29, 0.717) is 36.8 Å². The Morgan fingerprint density at radius 2 is 2.00 bits per heavy atom. The molecule has 2 fully saturated rings. The van der Waals surface area contributed by atoms with Crippen LogP contribution in [0.15, 0.2) is 30.6 Å². The number of halogens is 1. The molecule has 0 spiro atoms. The van der Waals surface area contributed by atoms with Gasteiger partial charge in [0, 0.05) is 37.9 Å². The Bertz CT molecular complexity index is 968. The molecule has 30 heavy (non-hydrogen) atoms. The lowest BCUT2D eigenvalue weighted by Crippen LogP contribution is -2.66. The number of aromatic nitrogens is 2. The van der Waals surface area contributed by atoms with Crippen molar-refractivity contribution in [3.63, 3.8) is 0 Å². The van der Waals surface area contributed by atoms with E-state index in [-0.39, 0.29) is 23.6 Å². The van der Waals surface area contributed by atoms with Gasteiger partial charge in [-0.15, -0.1) is 0 Å². The molecule has 2 aliphatic rings. The highest BCUT2D eigenvalue weighted by molar-refractivity contribution is 5.98. The molecular weight excluding hydrogens is 387 g/mol. The number of hydrogen-bond acceptors (Lipinski definition) is 4. The molecule has 0 bridgehead atoms. The van der Waals surface area contributed by atoms with Gasteiger partial charge in [-0.05, 0) is 51.8 Å². The van der Waals surface area contributed by atoms with Gasteiger partial charge in [-0.2, -0.15) is 5.10 Å². The summed E-state index contributed by atoms with van der Waals surface area (Å²) in [6, 6.07) is 4.98. The molecule has 2 saturated heterocycles. The lowest BCUT2D eigenvalue weighted by atomic mass is 9.82. The number of hydrogen-bond donors (Lipinski definition) is 0. The van der Waals surface area contributed by atoms with E-state index in [4.69, 9.17) is 4.74 Å². The fraction of sp³-hybridized carbons (Fsp3) is 0.500. The van der Waals surface area contributed by atoms with Gasteiger partial charge in [0.15, 0.2) is 0 Å². The third-order valence-corrected chi connectivity index (χ3v) is 5.75. The molecular formula is C22H27FN4O3. The summed E-state index contributed by atoms with van der Waals surface area (Å²) in [5.74, 6) is -0.571. The second kappa shape index (κ2) is 7.41. The average Bonchev–Trinajstić information content (AvgIpc) is 3.17. The number of rotatable bonds is 2. The van der Waals surface area contributed by atoms with Crippen LogP contribution in [-0.4, -0.2) is 62.9 Å². The van der Waals surface area contributed by atoms with E-state index in [2.05, 4.69) is 5.10 Å². The van der Waals surface area contributed by atoms with Crippen LogP contribution in [0.1, 0.15) is 43.1 Å². The zero-order valence-corrected chi connectivity index (χ0v) is 17.8. The average molecular weight is 414 g/mol. The Kier molecular flexibility index (Phi) is 5.03. The van der Waals surface area contributed by atoms with Crippen molar-refractivity contribution < 1.29 is 18.7 Å². The van der Waals surface area contributed by atoms with Crippen LogP contribution in [0.3, 0.4) is 0 Å². The predicted octanol–water partition coefficient (Wildman–Crippen LogP) is 3.40. The van der Waals surface area contributed by atoms with Crippen molar-refractivity contribution in [3.05, 3.63) is 47.5 Å². The van der Waals surface area contributed by atoms with Crippen molar-refractivity contribution in [3.8, 4) is 5.69 Å². The van der Waals surface area contributed by atoms with Crippen LogP contribution in [0.4, 0.5) is 9.18 Å². The number of likely N-dealkylation sites (tertiary alicyclic amines) is 2. The SMILES string of the molecule is Cc1ccc(-n2cccn2)c(C(=O)N2CC[C@H]3CN(C(=O)OC(C)(C)C)[C@H]3C2)c1F. The molecule has 2 amide bonds. The number of piperidine rings is 1. The highest BCUT2D eigenvalue weighted by Crippen LogP contribution is 2.35. The van der Waals surface area contributed by atoms with Crippen LogP contribution in [-0.2, 0) is 4.74 Å². The zero-order chi connectivity index (χ0) is 21.6. The van der Waals surface area contributed by atoms with Crippen molar-refractivity contribution in [1.29, 1.82) is 0 Å². The second-order valence-electron chi connectivity index (χ2n) is 9.04. The summed E-state index contributed by atoms with van der Waals surface area (Å²) < 4.78 is 22.0. The van der Waals surface area contributed by atoms with Gasteiger partial charge < -0.3 is 14.5 Å². The van der Waals surface area contributed by atoms with E-state index >= 15 is 4.39 Å². The fourth-order valence-corrected chi connectivity index (χ4v) is 4.15. The van der Waals surface area contributed by atoms with Gasteiger partial charge in [0.2, 0.25) is 0 Å². The number of fused-ring (bicyclic) bond motifs is 1. The van der Waals surface area contributed by atoms with Gasteiger partial charge in [-0.3, -0.25) is 4.79 Å². The van der Waals surface area contributed by atoms with Gasteiger partial charge in [0.25, 0.3) is 5.91 Å². The maximum absolute atomic E-state index is 15.1. The Morgan fingerprint density at radius 3 is 2.67 bits per heavy atom. The van der Waals surface area contributed by atoms with Crippen molar-refractivity contribution >= 4 is 12.0 Å². The molecule has 1 aromatic heterocycles. The molecule has 0 aliphatic carbocycles. The quantitative estimate of drug-likeness (QED) is 0.755. The Labute approximate surface area is 175 Å². The van der Waals surface area contributed by atoms with Crippen LogP contribution >= 0.6 is 0 Å². The van der Waals surface area contributed by atoms with E-state index in [1.165, 1.54) is 4.68 Å². The normalized spacial score (nSPS) is 21.1. The maximum atomic E-state index is 15.1. The highest BCUT2D eigenvalue weighted by Gasteiger charge is 2.47. The molecule has 2 atom stereocenters. The number of nitrogens with zero attached hydrogens (tertiary/aromatic N) is 4. The number of carbonyl (C=O) groups is 2. The van der Waals surface area contributed by atoms with Gasteiger partial charge in [0.1, 0.15) is 17.0 Å². The molecule has 0 N–H and O–H groups in total. The van der Waals surface area contributed by atoms with Crippen LogP contribution in [0.2, 0.25) is 0 Å². The molecule has 2 aromatic rings. The van der Waals surface area contributed by atoms with E-state index in [9.17, 15) is 9.59 Å². The third-order valence-electron chi connectivity index (χ3n) is 5.75. The summed E-state index contributed by atoms with van der Waals surface area (Å²) in [6.07, 6.45) is 3.69. The molecule has 7 nitrogen and oxygen atoms in total. The first-order valence-electron chi connectivity index (χ1n) is 10.2. The maximum Gasteiger partial charge on any atom is 0.410 e. The third kappa shape index (κ3) is 3.66. The molecule has 8 heteroatoms. The van der Waals surface area contributed by atoms with E-state index in [1.54, 1.807) is 47.3 Å². The fourth-order valence-electron chi connectivity index (χ4n) is 4.15. The van der Waals surface area contributed by atoms with Gasteiger partial charge in [-0.1, -0.05) is 6.07 Å². The number of carbonyl (C=O) groups excluding carboxylic acids is 2. The summed E-state index contributed by atoms with van der Waals surface area (Å²) in [6.45, 7) is 8.67. The van der Waals surface area contributed by atoms with Crippen LogP contribution in [0, 0.1) is 18.7 Å². The van der Waals surface area contributed by atoms with Gasteiger partial charge in [0.05, 0.1) is 11.7 Å². The molecule has 0 unspecified atom stereocenters. The molecule has 1 aromatic carbocycles. The summed E-state index contributed by atoms with van der Waals surface area (Å²) in [5.41, 5.74) is 0.256. The van der Waals surface area contributed by atoms with Crippen LogP contribution < -0.4 is 0 Å². The zero-order valence-electron chi connectivity index (χ0n) is 17.8. The topological polar surface area (TPSA) is 67.7 Å². The van der Waals surface area contributed by atoms with E-state index in [1.807, 2.05) is 20.8 Å². The lowest BCUT2D eigenvalue weighted by molar-refractivity contribution is -0.0546. The minimum Gasteiger partial charge on any atom is -0.444 e. The predicted molar refractivity (Wildman–Crippen MR) is 109 cm³/mol. The summed E-state index contributed by atoms with van der Waals surface area (Å²) in [7, 11) is 0. The number of aryl methyl sites for hydroxylation is 1. The van der Waals surface area contributed by atoms with Crippen molar-refractivity contribution in [2.75, 3.05) is 19.6 Å². The van der Waals surface area contributed by atoms with Gasteiger partial charge in [-0.25, -0.2) is 13.9 Å². The lowest BCUT2D eigenvalue weighted by Gasteiger charge is -2.53. The largest absolute Gasteiger partial charge is 0.444 e. The monoisotopic (exact) mass is 414 g/mol. The number of amides is 2. The molecule has 3 heterocycles. The summed E-state index contributed by atoms with van der Waals surface area (Å²) in [4.78, 5) is 29.2. The van der Waals surface area contributed by atoms with Gasteiger partial charge >= 0.3 is 6.09 Å². The standard InChI is InChI=1S/C22H27FN4O3/c1-14-6-7-16(27-10-5-9-24-27)18(19(14)23)20(28)25-11-8-15-12-26(17(15)13-25)21(29)30-22(2,3)4/h5-7,9-10,15,17H,8,11-13H2,1-4H3/t15-,17-/m0/s1. The minimum atomic E-state index is -0.574. The molecule has 160 valence electrons. The first-order chi connectivity index (χ1) is 14.2. The van der Waals surface area contributed by atoms with E-state index in [0.717, 1.165) is 6.42 Å². The second-order valence-corrected chi connectivity index (χ2v) is 9.04. The Hall–Kier alpha value is -2.90. The molecule has 4 rings (SSSR count). The summed E-state index contributed by atoms with van der Waals surface area (Å²) >= 11 is 0. The first kappa shape index (κ1) is 20.4. The molecule has 0 radical (unpaired) electrons. The Morgan fingerprint density at radius 1 is 1.23 bits per heavy atom. The van der Waals surface area contributed by atoms with Crippen molar-refractivity contribution in [1.82, 2.24) is 19.6 Å². The smallest absolute Gasteiger partial charge is 0.410 e. The van der Waals surface area contributed by atoms with Crippen LogP contribution in [0.25, 0.3) is 5.69 Å². The number of benzene rings is 1.